The van der Waals surface area contributed by atoms with Gasteiger partial charge in [-0.1, -0.05) is 58.4 Å². The minimum atomic E-state index is -4.22. The van der Waals surface area contributed by atoms with E-state index >= 15 is 0 Å². The normalized spacial score (nSPS) is 61.2. The molecule has 1 saturated heterocycles. The van der Waals surface area contributed by atoms with Gasteiger partial charge in [-0.05, 0) is 75.2 Å². The first-order chi connectivity index (χ1) is 26.2. The Bertz CT molecular complexity index is 1880. The van der Waals surface area contributed by atoms with Gasteiger partial charge in [0.1, 0.15) is 0 Å². The summed E-state index contributed by atoms with van der Waals surface area (Å²) in [6.07, 6.45) is -27.4. The van der Waals surface area contributed by atoms with E-state index in [9.17, 15) is 22.2 Å². The second-order valence-corrected chi connectivity index (χ2v) is 12.3. The first kappa shape index (κ1) is 14.8. The molecule has 6 rings (SSSR count). The van der Waals surface area contributed by atoms with Crippen molar-refractivity contribution >= 4 is 17.5 Å². The van der Waals surface area contributed by atoms with E-state index in [1.54, 1.807) is 13.0 Å². The molecule has 5 aliphatic carbocycles. The van der Waals surface area contributed by atoms with Gasteiger partial charge >= 0.3 is 5.97 Å². The Kier molecular flexibility index (Phi) is 3.75. The molecule has 0 spiro atoms. The summed E-state index contributed by atoms with van der Waals surface area (Å²) >= 11 is 0. The highest BCUT2D eigenvalue weighted by atomic mass is 16.7. The maximum Gasteiger partial charge on any atom is 0.309 e. The lowest BCUT2D eigenvalue weighted by atomic mass is 9.46. The molecule has 0 radical (unpaired) electrons. The van der Waals surface area contributed by atoms with Crippen LogP contribution in [0.4, 0.5) is 0 Å². The molecule has 0 aromatic rings. The zero-order valence-electron chi connectivity index (χ0n) is 41.5. The Morgan fingerprint density at radius 1 is 1.34 bits per heavy atom. The topological polar surface area (TPSA) is 99.1 Å². The van der Waals surface area contributed by atoms with Crippen LogP contribution in [0.3, 0.4) is 0 Å². The third-order valence-electron chi connectivity index (χ3n) is 10.4. The number of esters is 1. The van der Waals surface area contributed by atoms with E-state index in [0.717, 1.165) is 5.57 Å². The summed E-state index contributed by atoms with van der Waals surface area (Å²) in [4.78, 5) is 41.1. The summed E-state index contributed by atoms with van der Waals surface area (Å²) in [6, 6.07) is 0. The maximum atomic E-state index is 15.0. The monoisotopic (exact) mass is 586 g/mol. The fraction of sp³-hybridized carbons (Fsp3) is 0.794. The SMILES string of the molecule is [2H]C([2H])([2H])C([2H])(C(=O)OCC(=O)[C@@]12O[C@]([2H])(C3([2H])C([2H])([2H])C([2H])([2H])C([2H])([2H])C([2H])([2H])C3([2H])[2H])O[C@@H]1C[C@H]1[C@@H]3CCC4=CC(=O)C(C)=C[C@]4(C)[C@H]3[C@@H](O)C[C@@]12C)C([2H])([2H])C. The van der Waals surface area contributed by atoms with E-state index in [1.165, 1.54) is 13.0 Å². The highest BCUT2D eigenvalue weighted by molar-refractivity contribution is 6.05. The van der Waals surface area contributed by atoms with Crippen molar-refractivity contribution in [3.8, 4) is 0 Å². The zero-order chi connectivity index (χ0) is 45.3. The van der Waals surface area contributed by atoms with Gasteiger partial charge in [-0.15, -0.1) is 0 Å². The summed E-state index contributed by atoms with van der Waals surface area (Å²) in [7, 11) is 0. The number of hydrogen-bond donors (Lipinski definition) is 1. The molecule has 1 unspecified atom stereocenters. The molecule has 7 nitrogen and oxygen atoms in total. The Labute approximate surface area is 269 Å². The van der Waals surface area contributed by atoms with Gasteiger partial charge in [0.15, 0.2) is 24.3 Å². The van der Waals surface area contributed by atoms with Crippen LogP contribution in [0.1, 0.15) is 123 Å². The van der Waals surface area contributed by atoms with Crippen LogP contribution in [0.2, 0.25) is 0 Å². The third-order valence-corrected chi connectivity index (χ3v) is 10.4. The predicted octanol–water partition coefficient (Wildman–Crippen LogP) is 5.48. The lowest BCUT2D eigenvalue weighted by Gasteiger charge is -2.60. The number of aliphatic hydroxyl groups is 1. The molecule has 1 aliphatic heterocycles. The molecular formula is C34H48O7. The lowest BCUT2D eigenvalue weighted by molar-refractivity contribution is -0.210. The number of rotatable bonds is 6. The molecule has 0 bridgehead atoms. The largest absolute Gasteiger partial charge is 0.457 e. The van der Waals surface area contributed by atoms with Crippen LogP contribution in [-0.4, -0.2) is 53.3 Å². The second kappa shape index (κ2) is 10.4. The van der Waals surface area contributed by atoms with Gasteiger partial charge in [-0.25, -0.2) is 0 Å². The van der Waals surface area contributed by atoms with E-state index in [-0.39, 0.29) is 12.2 Å². The first-order valence-corrected chi connectivity index (χ1v) is 13.9. The fourth-order valence-electron chi connectivity index (χ4n) is 8.63. The van der Waals surface area contributed by atoms with Crippen LogP contribution < -0.4 is 0 Å². The number of aliphatic hydroxyl groups excluding tert-OH is 1. The number of hydrogen-bond acceptors (Lipinski definition) is 7. The molecule has 7 heteroatoms. The Morgan fingerprint density at radius 3 is 2.80 bits per heavy atom. The van der Waals surface area contributed by atoms with Crippen LogP contribution in [0, 0.1) is 40.4 Å². The van der Waals surface area contributed by atoms with E-state index in [0.29, 0.717) is 25.3 Å². The highest BCUT2D eigenvalue weighted by Gasteiger charge is 2.76. The van der Waals surface area contributed by atoms with Gasteiger partial charge in [-0.3, -0.25) is 14.4 Å². The van der Waals surface area contributed by atoms with Crippen molar-refractivity contribution in [2.24, 2.45) is 40.4 Å². The van der Waals surface area contributed by atoms with Crippen molar-refractivity contribution in [3.05, 3.63) is 23.3 Å². The van der Waals surface area contributed by atoms with Crippen LogP contribution in [0.25, 0.3) is 0 Å². The minimum Gasteiger partial charge on any atom is -0.457 e. The van der Waals surface area contributed by atoms with E-state index in [4.69, 9.17) is 36.1 Å². The molecule has 0 aromatic carbocycles. The van der Waals surface area contributed by atoms with Crippen LogP contribution in [0.5, 0.6) is 0 Å². The minimum absolute atomic E-state index is 0.200. The third kappa shape index (κ3) is 4.27. The van der Waals surface area contributed by atoms with Crippen molar-refractivity contribution in [2.75, 3.05) is 6.61 Å². The summed E-state index contributed by atoms with van der Waals surface area (Å²) in [5.74, 6) is -13.3. The second-order valence-electron chi connectivity index (χ2n) is 12.3. The first-order valence-electron chi connectivity index (χ1n) is 22.9. The van der Waals surface area contributed by atoms with Crippen LogP contribution >= 0.6 is 0 Å². The molecular weight excluding hydrogens is 520 g/mol. The highest BCUT2D eigenvalue weighted by Crippen LogP contribution is 2.70. The number of fused-ring (bicyclic) bond motifs is 7. The summed E-state index contributed by atoms with van der Waals surface area (Å²) in [6.45, 7) is 0.395. The molecule has 1 heterocycles. The predicted molar refractivity (Wildman–Crippen MR) is 152 cm³/mol. The number of carbonyl (C=O) groups is 3. The van der Waals surface area contributed by atoms with Gasteiger partial charge in [0.25, 0.3) is 0 Å². The van der Waals surface area contributed by atoms with Gasteiger partial charge in [0.05, 0.1) is 19.5 Å². The zero-order valence-corrected chi connectivity index (χ0v) is 23.5. The average Bonchev–Trinajstić information content (AvgIpc) is 3.52. The molecule has 0 aromatic heterocycles. The van der Waals surface area contributed by atoms with E-state index < -0.39 is 134 Å². The summed E-state index contributed by atoms with van der Waals surface area (Å²) in [5.41, 5.74) is -4.24. The quantitative estimate of drug-likeness (QED) is 0.411. The molecule has 0 amide bonds. The number of allylic oxidation sites excluding steroid dienone is 4. The molecule has 226 valence electrons. The van der Waals surface area contributed by atoms with E-state index in [2.05, 4.69) is 0 Å². The Morgan fingerprint density at radius 2 is 2.10 bits per heavy atom. The van der Waals surface area contributed by atoms with E-state index in [1.807, 2.05) is 6.92 Å². The Hall–Kier alpha value is -1.83. The number of ether oxygens (including phenoxy) is 3. The van der Waals surface area contributed by atoms with Gasteiger partial charge in [-0.2, -0.15) is 0 Å². The summed E-state index contributed by atoms with van der Waals surface area (Å²) in [5, 5.41) is 12.2. The van der Waals surface area contributed by atoms with Crippen LogP contribution in [0.15, 0.2) is 23.3 Å². The molecule has 5 fully saturated rings. The number of ketones is 2. The van der Waals surface area contributed by atoms with Crippen molar-refractivity contribution in [1.29, 1.82) is 0 Å². The van der Waals surface area contributed by atoms with Crippen LogP contribution in [-0.2, 0) is 28.6 Å². The average molecular weight is 587 g/mol. The molecule has 4 saturated carbocycles. The lowest BCUT2D eigenvalue weighted by Crippen LogP contribution is -2.64. The standard InChI is InChI=1S/C34H48O7/c1-6-19(2)30(38)39-18-27(37)34-28(40-31(41-34)21-10-8-7-9-11-21)15-24-23-13-12-22-14-25(35)20(3)16-32(22,4)29(23)26(36)17-33(24,34)5/h14,16,19,21,23-24,26,28-29,31,36H,6-13,15,17-18H2,1-5H3/t19?,23-,24-,26-,28+,29+,31+,32-,33-,34+/m0/s1/i2D3,6D2,7D2,8D2,9D2,10D2,11D2,19D,21D,31D. The fourth-order valence-corrected chi connectivity index (χ4v) is 8.63. The van der Waals surface area contributed by atoms with Gasteiger partial charge in [0.2, 0.25) is 5.78 Å². The van der Waals surface area contributed by atoms with Crippen molar-refractivity contribution in [2.45, 2.75) is 123 Å². The molecule has 10 atom stereocenters. The molecule has 6 aliphatic rings. The van der Waals surface area contributed by atoms with Crippen molar-refractivity contribution < 1.29 is 58.4 Å². The maximum absolute atomic E-state index is 15.0. The van der Waals surface area contributed by atoms with Gasteiger partial charge in [0, 0.05) is 45.9 Å². The van der Waals surface area contributed by atoms with Crippen molar-refractivity contribution in [3.63, 3.8) is 0 Å². The molecule has 1 N–H and O–H groups in total. The number of Topliss-reactive ketones (excluding diaryl/α,β-unsaturated/α-hetero) is 1. The Balaban J connectivity index is 1.52. The van der Waals surface area contributed by atoms with Crippen molar-refractivity contribution in [1.82, 2.24) is 0 Å². The smallest absolute Gasteiger partial charge is 0.309 e. The number of carbonyl (C=O) groups excluding carboxylic acids is 3. The summed E-state index contributed by atoms with van der Waals surface area (Å²) < 4.78 is 170. The molecule has 41 heavy (non-hydrogen) atoms. The van der Waals surface area contributed by atoms with Gasteiger partial charge < -0.3 is 19.3 Å².